The fourth-order valence-electron chi connectivity index (χ4n) is 3.40. The van der Waals surface area contributed by atoms with E-state index in [1.54, 1.807) is 0 Å². The molecule has 3 N–H and O–H groups in total. The maximum absolute atomic E-state index is 10.7. The Morgan fingerprint density at radius 2 is 1.95 bits per heavy atom. The van der Waals surface area contributed by atoms with Gasteiger partial charge in [-0.1, -0.05) is 35.7 Å². The Labute approximate surface area is 130 Å². The fraction of sp³-hybridized carbons (Fsp3) is 0.625. The van der Waals surface area contributed by atoms with Crippen LogP contribution in [-0.4, -0.2) is 23.8 Å². The second-order valence-electron chi connectivity index (χ2n) is 6.32. The summed E-state index contributed by atoms with van der Waals surface area (Å²) in [6.45, 7) is 0.797. The number of aliphatic hydroxyl groups is 1. The van der Waals surface area contributed by atoms with Gasteiger partial charge in [0.05, 0.1) is 16.1 Å². The van der Waals surface area contributed by atoms with Gasteiger partial charge in [0.25, 0.3) is 0 Å². The van der Waals surface area contributed by atoms with Gasteiger partial charge >= 0.3 is 0 Å². The second kappa shape index (κ2) is 5.84. The van der Waals surface area contributed by atoms with Crippen molar-refractivity contribution in [3.05, 3.63) is 33.8 Å². The highest BCUT2D eigenvalue weighted by molar-refractivity contribution is 6.42. The standard InChI is InChI=1S/C16H21Cl2NO/c17-13-6-5-11(9-14(13)18)16(7-2-8-16)15(20)10-19-12-3-1-4-12/h5-6,9,12,15,19-20H,1-4,7-8,10H2/p+1. The molecular formula is C16H22Cl2NO+. The molecule has 0 aromatic heterocycles. The molecule has 0 bridgehead atoms. The molecule has 0 amide bonds. The Hall–Kier alpha value is -0.280. The summed E-state index contributed by atoms with van der Waals surface area (Å²) < 4.78 is 0. The van der Waals surface area contributed by atoms with Gasteiger partial charge in [0.2, 0.25) is 0 Å². The highest BCUT2D eigenvalue weighted by Crippen LogP contribution is 2.47. The van der Waals surface area contributed by atoms with Crippen LogP contribution < -0.4 is 5.32 Å². The first-order valence-electron chi connectivity index (χ1n) is 7.59. The molecule has 1 atom stereocenters. The topological polar surface area (TPSA) is 36.8 Å². The SMILES string of the molecule is OC(C[NH2+]C1CCC1)C1(c2ccc(Cl)c(Cl)c2)CCC1. The fourth-order valence-corrected chi connectivity index (χ4v) is 3.70. The molecule has 2 nitrogen and oxygen atoms in total. The predicted molar refractivity (Wildman–Crippen MR) is 82.4 cm³/mol. The van der Waals surface area contributed by atoms with Gasteiger partial charge in [-0.25, -0.2) is 0 Å². The summed E-state index contributed by atoms with van der Waals surface area (Å²) in [5.74, 6) is 0. The third kappa shape index (κ3) is 2.59. The molecule has 2 saturated carbocycles. The molecule has 0 aliphatic heterocycles. The van der Waals surface area contributed by atoms with E-state index in [4.69, 9.17) is 23.2 Å². The smallest absolute Gasteiger partial charge is 0.112 e. The molecule has 2 aliphatic rings. The summed E-state index contributed by atoms with van der Waals surface area (Å²) in [6.07, 6.45) is 6.92. The molecule has 3 rings (SSSR count). The summed E-state index contributed by atoms with van der Waals surface area (Å²) in [4.78, 5) is 0. The van der Waals surface area contributed by atoms with Crippen molar-refractivity contribution in [1.29, 1.82) is 0 Å². The average molecular weight is 315 g/mol. The van der Waals surface area contributed by atoms with Crippen LogP contribution in [0, 0.1) is 0 Å². The molecular weight excluding hydrogens is 293 g/mol. The quantitative estimate of drug-likeness (QED) is 0.861. The van der Waals surface area contributed by atoms with Crippen LogP contribution in [0.5, 0.6) is 0 Å². The highest BCUT2D eigenvalue weighted by Gasteiger charge is 2.46. The van der Waals surface area contributed by atoms with Gasteiger partial charge in [-0.2, -0.15) is 0 Å². The molecule has 0 spiro atoms. The van der Waals surface area contributed by atoms with E-state index < -0.39 is 0 Å². The molecule has 2 fully saturated rings. The second-order valence-corrected chi connectivity index (χ2v) is 7.13. The van der Waals surface area contributed by atoms with E-state index in [1.807, 2.05) is 18.2 Å². The number of rotatable bonds is 5. The monoisotopic (exact) mass is 314 g/mol. The summed E-state index contributed by atoms with van der Waals surface area (Å²) in [7, 11) is 0. The number of nitrogens with two attached hydrogens (primary N) is 1. The number of benzene rings is 1. The summed E-state index contributed by atoms with van der Waals surface area (Å²) >= 11 is 12.1. The minimum atomic E-state index is -0.297. The normalized spacial score (nSPS) is 22.9. The van der Waals surface area contributed by atoms with Crippen LogP contribution in [0.3, 0.4) is 0 Å². The average Bonchev–Trinajstić information content (AvgIpc) is 2.30. The molecule has 1 aromatic rings. The van der Waals surface area contributed by atoms with Crippen LogP contribution >= 0.6 is 23.2 Å². The zero-order valence-electron chi connectivity index (χ0n) is 11.6. The molecule has 2 aliphatic carbocycles. The van der Waals surface area contributed by atoms with Crippen molar-refractivity contribution in [1.82, 2.24) is 0 Å². The van der Waals surface area contributed by atoms with Crippen LogP contribution in [0.4, 0.5) is 0 Å². The van der Waals surface area contributed by atoms with Crippen LogP contribution in [0.1, 0.15) is 44.1 Å². The van der Waals surface area contributed by atoms with Crippen LogP contribution in [0.2, 0.25) is 10.0 Å². The van der Waals surface area contributed by atoms with Crippen LogP contribution in [0.25, 0.3) is 0 Å². The Morgan fingerprint density at radius 1 is 1.20 bits per heavy atom. The molecule has 0 heterocycles. The first-order valence-corrected chi connectivity index (χ1v) is 8.34. The maximum Gasteiger partial charge on any atom is 0.112 e. The van der Waals surface area contributed by atoms with Crippen molar-refractivity contribution in [3.63, 3.8) is 0 Å². The minimum absolute atomic E-state index is 0.103. The lowest BCUT2D eigenvalue weighted by Gasteiger charge is -2.46. The van der Waals surface area contributed by atoms with E-state index >= 15 is 0 Å². The Balaban J connectivity index is 1.73. The van der Waals surface area contributed by atoms with E-state index in [-0.39, 0.29) is 11.5 Å². The van der Waals surface area contributed by atoms with Crippen molar-refractivity contribution < 1.29 is 10.4 Å². The maximum atomic E-state index is 10.7. The molecule has 1 aromatic carbocycles. The lowest BCUT2D eigenvalue weighted by Crippen LogP contribution is -2.94. The van der Waals surface area contributed by atoms with Crippen molar-refractivity contribution >= 4 is 23.2 Å². The Morgan fingerprint density at radius 3 is 2.45 bits per heavy atom. The summed E-state index contributed by atoms with van der Waals surface area (Å²) in [5, 5.41) is 14.2. The molecule has 1 unspecified atom stereocenters. The summed E-state index contributed by atoms with van der Waals surface area (Å²) in [5.41, 5.74) is 1.04. The van der Waals surface area contributed by atoms with Crippen molar-refractivity contribution in [2.24, 2.45) is 0 Å². The van der Waals surface area contributed by atoms with Gasteiger partial charge in [0.15, 0.2) is 0 Å². The lowest BCUT2D eigenvalue weighted by atomic mass is 9.61. The van der Waals surface area contributed by atoms with E-state index in [1.165, 1.54) is 25.7 Å². The van der Waals surface area contributed by atoms with Crippen molar-refractivity contribution in [2.75, 3.05) is 6.54 Å². The van der Waals surface area contributed by atoms with Gasteiger partial charge < -0.3 is 10.4 Å². The Bertz CT molecular complexity index is 483. The van der Waals surface area contributed by atoms with Gasteiger partial charge in [-0.3, -0.25) is 0 Å². The van der Waals surface area contributed by atoms with Crippen molar-refractivity contribution in [3.8, 4) is 0 Å². The number of hydrogen-bond donors (Lipinski definition) is 2. The van der Waals surface area contributed by atoms with E-state index in [0.29, 0.717) is 10.0 Å². The third-order valence-corrected chi connectivity index (χ3v) is 5.96. The predicted octanol–water partition coefficient (Wildman–Crippen LogP) is 2.89. The molecule has 0 radical (unpaired) electrons. The van der Waals surface area contributed by atoms with Crippen molar-refractivity contribution in [2.45, 2.75) is 56.1 Å². The van der Waals surface area contributed by atoms with Crippen LogP contribution in [-0.2, 0) is 5.41 Å². The molecule has 4 heteroatoms. The minimum Gasteiger partial charge on any atom is -0.386 e. The Kier molecular flexibility index (Phi) is 4.28. The van der Waals surface area contributed by atoms with E-state index in [9.17, 15) is 5.11 Å². The molecule has 0 saturated heterocycles. The largest absolute Gasteiger partial charge is 0.386 e. The number of aliphatic hydroxyl groups excluding tert-OH is 1. The lowest BCUT2D eigenvalue weighted by molar-refractivity contribution is -0.705. The highest BCUT2D eigenvalue weighted by atomic mass is 35.5. The van der Waals surface area contributed by atoms with Gasteiger partial charge in [0, 0.05) is 5.41 Å². The van der Waals surface area contributed by atoms with Crippen LogP contribution in [0.15, 0.2) is 18.2 Å². The molecule has 110 valence electrons. The van der Waals surface area contributed by atoms with Gasteiger partial charge in [-0.15, -0.1) is 0 Å². The van der Waals surface area contributed by atoms with E-state index in [0.717, 1.165) is 31.0 Å². The molecule has 20 heavy (non-hydrogen) atoms. The first-order chi connectivity index (χ1) is 9.62. The van der Waals surface area contributed by atoms with E-state index in [2.05, 4.69) is 5.32 Å². The zero-order chi connectivity index (χ0) is 14.2. The number of hydrogen-bond acceptors (Lipinski definition) is 1. The van der Waals surface area contributed by atoms with Gasteiger partial charge in [0.1, 0.15) is 12.6 Å². The summed E-state index contributed by atoms with van der Waals surface area (Å²) in [6, 6.07) is 6.55. The zero-order valence-corrected chi connectivity index (χ0v) is 13.1. The third-order valence-electron chi connectivity index (χ3n) is 5.22. The number of halogens is 2. The number of quaternary nitrogens is 1. The van der Waals surface area contributed by atoms with Gasteiger partial charge in [-0.05, 0) is 49.8 Å². The first kappa shape index (κ1) is 14.6.